The van der Waals surface area contributed by atoms with Crippen molar-refractivity contribution >= 4 is 38.6 Å². The van der Waals surface area contributed by atoms with Crippen LogP contribution in [0.4, 0.5) is 0 Å². The van der Waals surface area contributed by atoms with E-state index >= 15 is 0 Å². The summed E-state index contributed by atoms with van der Waals surface area (Å²) in [6.45, 7) is 1.60. The average Bonchev–Trinajstić information content (AvgIpc) is 3.03. The Bertz CT molecular complexity index is 890. The van der Waals surface area contributed by atoms with Crippen LogP contribution in [0.5, 0.6) is 5.75 Å². The van der Waals surface area contributed by atoms with Gasteiger partial charge in [-0.15, -0.1) is 0 Å². The highest BCUT2D eigenvalue weighted by atomic mass is 79.9. The number of aromatic nitrogens is 1. The molecule has 128 valence electrons. The summed E-state index contributed by atoms with van der Waals surface area (Å²) in [6, 6.07) is 16.4. The molecule has 0 aliphatic carbocycles. The highest BCUT2D eigenvalue weighted by molar-refractivity contribution is 9.10. The summed E-state index contributed by atoms with van der Waals surface area (Å²) in [4.78, 5) is 27.2. The molecule has 3 N–H and O–H groups in total. The predicted molar refractivity (Wildman–Crippen MR) is 98.1 cm³/mol. The van der Waals surface area contributed by atoms with E-state index < -0.39 is 17.9 Å². The third kappa shape index (κ3) is 4.19. The van der Waals surface area contributed by atoms with Gasteiger partial charge >= 0.3 is 0 Å². The number of hydrazine groups is 1. The molecule has 3 rings (SSSR count). The van der Waals surface area contributed by atoms with Gasteiger partial charge in [-0.05, 0) is 37.3 Å². The van der Waals surface area contributed by atoms with Crippen LogP contribution in [0.1, 0.15) is 17.4 Å². The largest absolute Gasteiger partial charge is 0.481 e. The van der Waals surface area contributed by atoms with Crippen LogP contribution in [0.25, 0.3) is 10.9 Å². The number of aromatic amines is 1. The van der Waals surface area contributed by atoms with E-state index in [9.17, 15) is 9.59 Å². The maximum atomic E-state index is 12.1. The first-order valence-electron chi connectivity index (χ1n) is 7.63. The third-order valence-corrected chi connectivity index (χ3v) is 4.05. The summed E-state index contributed by atoms with van der Waals surface area (Å²) in [7, 11) is 0. The first-order chi connectivity index (χ1) is 12.0. The average molecular weight is 402 g/mol. The van der Waals surface area contributed by atoms with Gasteiger partial charge in [-0.25, -0.2) is 0 Å². The Balaban J connectivity index is 1.56. The molecule has 1 aromatic heterocycles. The fourth-order valence-corrected chi connectivity index (χ4v) is 2.66. The van der Waals surface area contributed by atoms with Gasteiger partial charge < -0.3 is 9.72 Å². The number of halogens is 1. The molecule has 25 heavy (non-hydrogen) atoms. The standard InChI is InChI=1S/C18H16BrN3O3/c1-11(25-14-7-4-6-13(19)10-14)17(23)21-22-18(24)16-9-12-5-2-3-8-15(12)20-16/h2-11,20H,1H3,(H,21,23)(H,22,24)/t11-/m1/s1. The zero-order valence-electron chi connectivity index (χ0n) is 13.4. The van der Waals surface area contributed by atoms with E-state index in [1.54, 1.807) is 25.1 Å². The molecular formula is C18H16BrN3O3. The van der Waals surface area contributed by atoms with Gasteiger partial charge in [-0.3, -0.25) is 20.4 Å². The summed E-state index contributed by atoms with van der Waals surface area (Å²) in [6.07, 6.45) is -0.766. The van der Waals surface area contributed by atoms with Crippen LogP contribution in [-0.2, 0) is 4.79 Å². The minimum Gasteiger partial charge on any atom is -0.481 e. The van der Waals surface area contributed by atoms with Crippen LogP contribution in [-0.4, -0.2) is 22.9 Å². The normalized spacial score (nSPS) is 11.8. The monoisotopic (exact) mass is 401 g/mol. The fourth-order valence-electron chi connectivity index (χ4n) is 2.28. The van der Waals surface area contributed by atoms with E-state index in [4.69, 9.17) is 4.74 Å². The molecule has 0 saturated heterocycles. The molecule has 0 radical (unpaired) electrons. The number of para-hydroxylation sites is 1. The second-order valence-electron chi connectivity index (χ2n) is 5.43. The lowest BCUT2D eigenvalue weighted by molar-refractivity contribution is -0.128. The van der Waals surface area contributed by atoms with Crippen molar-refractivity contribution in [2.24, 2.45) is 0 Å². The second-order valence-corrected chi connectivity index (χ2v) is 6.35. The SMILES string of the molecule is C[C@@H](Oc1cccc(Br)c1)C(=O)NNC(=O)c1cc2ccccc2[nH]1. The Morgan fingerprint density at radius 2 is 1.88 bits per heavy atom. The van der Waals surface area contributed by atoms with Crippen LogP contribution in [0.2, 0.25) is 0 Å². The van der Waals surface area contributed by atoms with Gasteiger partial charge in [0.05, 0.1) is 0 Å². The van der Waals surface area contributed by atoms with E-state index in [0.29, 0.717) is 11.4 Å². The van der Waals surface area contributed by atoms with Gasteiger partial charge in [0.25, 0.3) is 11.8 Å². The lowest BCUT2D eigenvalue weighted by Crippen LogP contribution is -2.47. The van der Waals surface area contributed by atoms with E-state index in [0.717, 1.165) is 15.4 Å². The molecule has 0 saturated carbocycles. The fraction of sp³-hybridized carbons (Fsp3) is 0.111. The molecule has 0 fully saturated rings. The maximum absolute atomic E-state index is 12.1. The molecule has 2 aromatic carbocycles. The quantitative estimate of drug-likeness (QED) is 0.587. The molecule has 0 bridgehead atoms. The molecule has 1 heterocycles. The molecule has 0 spiro atoms. The van der Waals surface area contributed by atoms with Crippen molar-refractivity contribution in [1.82, 2.24) is 15.8 Å². The van der Waals surface area contributed by atoms with Crippen molar-refractivity contribution in [2.45, 2.75) is 13.0 Å². The van der Waals surface area contributed by atoms with Gasteiger partial charge in [0.1, 0.15) is 11.4 Å². The molecular weight excluding hydrogens is 386 g/mol. The minimum absolute atomic E-state index is 0.363. The Morgan fingerprint density at radius 1 is 1.08 bits per heavy atom. The van der Waals surface area contributed by atoms with Gasteiger partial charge in [-0.2, -0.15) is 0 Å². The lowest BCUT2D eigenvalue weighted by Gasteiger charge is -2.15. The molecule has 7 heteroatoms. The van der Waals surface area contributed by atoms with Crippen molar-refractivity contribution in [3.8, 4) is 5.75 Å². The Labute approximate surface area is 152 Å². The number of hydrogen-bond acceptors (Lipinski definition) is 3. The van der Waals surface area contributed by atoms with Gasteiger partial charge in [0.2, 0.25) is 0 Å². The van der Waals surface area contributed by atoms with Crippen molar-refractivity contribution in [3.05, 3.63) is 64.8 Å². The highest BCUT2D eigenvalue weighted by Gasteiger charge is 2.16. The molecule has 1 atom stereocenters. The Morgan fingerprint density at radius 3 is 2.64 bits per heavy atom. The number of nitrogens with one attached hydrogen (secondary N) is 3. The predicted octanol–water partition coefficient (Wildman–Crippen LogP) is 3.16. The molecule has 2 amide bonds. The summed E-state index contributed by atoms with van der Waals surface area (Å²) < 4.78 is 6.39. The zero-order chi connectivity index (χ0) is 17.8. The van der Waals surface area contributed by atoms with E-state index in [2.05, 4.69) is 31.8 Å². The second kappa shape index (κ2) is 7.40. The van der Waals surface area contributed by atoms with E-state index in [1.165, 1.54) is 0 Å². The topological polar surface area (TPSA) is 83.2 Å². The van der Waals surface area contributed by atoms with Crippen LogP contribution < -0.4 is 15.6 Å². The summed E-state index contributed by atoms with van der Waals surface area (Å²) in [5.74, 6) is -0.331. The first-order valence-corrected chi connectivity index (χ1v) is 8.42. The number of ether oxygens (including phenoxy) is 1. The number of rotatable bonds is 4. The van der Waals surface area contributed by atoms with Crippen molar-refractivity contribution in [1.29, 1.82) is 0 Å². The number of fused-ring (bicyclic) bond motifs is 1. The minimum atomic E-state index is -0.766. The summed E-state index contributed by atoms with van der Waals surface area (Å²) >= 11 is 3.34. The number of carbonyl (C=O) groups is 2. The van der Waals surface area contributed by atoms with E-state index in [1.807, 2.05) is 36.4 Å². The smallest absolute Gasteiger partial charge is 0.286 e. The molecule has 6 nitrogen and oxygen atoms in total. The summed E-state index contributed by atoms with van der Waals surface area (Å²) in [5, 5.41) is 0.922. The van der Waals surface area contributed by atoms with Crippen LogP contribution >= 0.6 is 15.9 Å². The van der Waals surface area contributed by atoms with Crippen molar-refractivity contribution in [3.63, 3.8) is 0 Å². The van der Waals surface area contributed by atoms with Crippen molar-refractivity contribution in [2.75, 3.05) is 0 Å². The van der Waals surface area contributed by atoms with Crippen LogP contribution in [0.3, 0.4) is 0 Å². The van der Waals surface area contributed by atoms with Crippen molar-refractivity contribution < 1.29 is 14.3 Å². The number of carbonyl (C=O) groups excluding carboxylic acids is 2. The first kappa shape index (κ1) is 17.0. The van der Waals surface area contributed by atoms with Gasteiger partial charge in [-0.1, -0.05) is 40.2 Å². The lowest BCUT2D eigenvalue weighted by atomic mass is 10.2. The maximum Gasteiger partial charge on any atom is 0.286 e. The molecule has 0 aliphatic heterocycles. The van der Waals surface area contributed by atoms with Crippen LogP contribution in [0.15, 0.2) is 59.1 Å². The number of hydrogen-bond donors (Lipinski definition) is 3. The Kier molecular flexibility index (Phi) is 5.04. The third-order valence-electron chi connectivity index (χ3n) is 3.55. The van der Waals surface area contributed by atoms with Gasteiger partial charge in [0, 0.05) is 15.4 Å². The number of amides is 2. The molecule has 0 unspecified atom stereocenters. The Hall–Kier alpha value is -2.80. The summed E-state index contributed by atoms with van der Waals surface area (Å²) in [5.41, 5.74) is 5.96. The number of benzene rings is 2. The van der Waals surface area contributed by atoms with Gasteiger partial charge in [0.15, 0.2) is 6.10 Å². The molecule has 0 aliphatic rings. The van der Waals surface area contributed by atoms with E-state index in [-0.39, 0.29) is 0 Å². The highest BCUT2D eigenvalue weighted by Crippen LogP contribution is 2.19. The van der Waals surface area contributed by atoms with Crippen LogP contribution in [0, 0.1) is 0 Å². The zero-order valence-corrected chi connectivity index (χ0v) is 15.0. The molecule has 3 aromatic rings. The number of H-pyrrole nitrogens is 1.